The van der Waals surface area contributed by atoms with E-state index in [2.05, 4.69) is 25.3 Å². The first-order chi connectivity index (χ1) is 18.9. The molecular formula is C26H26Cl2F3N5O4. The number of hydrogen-bond acceptors (Lipinski definition) is 8. The maximum atomic E-state index is 12.9. The van der Waals surface area contributed by atoms with Crippen LogP contribution in [0.1, 0.15) is 25.7 Å². The predicted molar refractivity (Wildman–Crippen MR) is 145 cm³/mol. The number of fused-ring (bicyclic) bond motifs is 1. The normalized spacial score (nSPS) is 18.1. The Labute approximate surface area is 237 Å². The lowest BCUT2D eigenvalue weighted by atomic mass is 9.91. The molecule has 1 aliphatic rings. The summed E-state index contributed by atoms with van der Waals surface area (Å²) < 4.78 is 48.2. The topological polar surface area (TPSA) is 106 Å². The molecule has 3 aromatic rings. The van der Waals surface area contributed by atoms with Crippen LogP contribution in [0.15, 0.2) is 42.5 Å². The standard InChI is InChI=1S/C26H26Cl2F3N5O4/c1-36(2)21-16-6-3-4-8-18(16)34-25(35-21)33-15-12-10-14(11-13-15)32-22(37)23(40-24(38)26(29,30)31)39-19-9-5-7-17(27)20(19)28/h3-9,14-15,23H,10-13H2,1-2H3,(H,32,37)(H,33,34,35). The summed E-state index contributed by atoms with van der Waals surface area (Å²) in [4.78, 5) is 35.5. The number of amides is 1. The molecule has 0 radical (unpaired) electrons. The molecule has 0 aliphatic heterocycles. The van der Waals surface area contributed by atoms with Crippen LogP contribution in [0.2, 0.25) is 10.0 Å². The summed E-state index contributed by atoms with van der Waals surface area (Å²) in [6.45, 7) is 0. The molecular weight excluding hydrogens is 574 g/mol. The van der Waals surface area contributed by atoms with Crippen LogP contribution in [-0.2, 0) is 14.3 Å². The van der Waals surface area contributed by atoms with E-state index in [0.29, 0.717) is 31.6 Å². The molecule has 2 N–H and O–H groups in total. The maximum Gasteiger partial charge on any atom is 0.491 e. The fraction of sp³-hybridized carbons (Fsp3) is 0.385. The molecule has 1 saturated carbocycles. The molecule has 0 saturated heterocycles. The Kier molecular flexibility index (Phi) is 9.09. The fourth-order valence-electron chi connectivity index (χ4n) is 4.28. The molecule has 14 heteroatoms. The van der Waals surface area contributed by atoms with E-state index in [0.717, 1.165) is 16.7 Å². The Morgan fingerprint density at radius 1 is 1.00 bits per heavy atom. The molecule has 1 aromatic heterocycles. The highest BCUT2D eigenvalue weighted by atomic mass is 35.5. The zero-order valence-corrected chi connectivity index (χ0v) is 23.0. The number of rotatable bonds is 8. The van der Waals surface area contributed by atoms with Crippen molar-refractivity contribution in [3.05, 3.63) is 52.5 Å². The smallest absolute Gasteiger partial charge is 0.445 e. The summed E-state index contributed by atoms with van der Waals surface area (Å²) in [6, 6.07) is 11.4. The molecule has 9 nitrogen and oxygen atoms in total. The number of alkyl halides is 3. The van der Waals surface area contributed by atoms with E-state index in [9.17, 15) is 22.8 Å². The lowest BCUT2D eigenvalue weighted by Gasteiger charge is -2.31. The van der Waals surface area contributed by atoms with Crippen LogP contribution in [0.3, 0.4) is 0 Å². The highest BCUT2D eigenvalue weighted by Gasteiger charge is 2.44. The Bertz CT molecular complexity index is 1380. The largest absolute Gasteiger partial charge is 0.491 e. The van der Waals surface area contributed by atoms with Crippen molar-refractivity contribution in [2.45, 2.75) is 50.2 Å². The number of anilines is 2. The first-order valence-electron chi connectivity index (χ1n) is 12.3. The van der Waals surface area contributed by atoms with Crippen molar-refractivity contribution < 1.29 is 32.2 Å². The molecule has 1 fully saturated rings. The van der Waals surface area contributed by atoms with E-state index >= 15 is 0 Å². The third-order valence-corrected chi connectivity index (χ3v) is 7.02. The Morgan fingerprint density at radius 2 is 1.68 bits per heavy atom. The summed E-state index contributed by atoms with van der Waals surface area (Å²) in [6.07, 6.45) is -5.35. The lowest BCUT2D eigenvalue weighted by Crippen LogP contribution is -2.48. The predicted octanol–water partition coefficient (Wildman–Crippen LogP) is 5.35. The van der Waals surface area contributed by atoms with Gasteiger partial charge in [0.1, 0.15) is 16.6 Å². The lowest BCUT2D eigenvalue weighted by molar-refractivity contribution is -0.216. The maximum absolute atomic E-state index is 12.9. The number of benzene rings is 2. The monoisotopic (exact) mass is 599 g/mol. The average Bonchev–Trinajstić information content (AvgIpc) is 2.90. The minimum Gasteiger partial charge on any atom is -0.445 e. The number of hydrogen-bond donors (Lipinski definition) is 2. The minimum absolute atomic E-state index is 0.00435. The van der Waals surface area contributed by atoms with Gasteiger partial charge in [-0.15, -0.1) is 0 Å². The molecule has 1 atom stereocenters. The van der Waals surface area contributed by atoms with E-state index in [1.165, 1.54) is 18.2 Å². The molecule has 1 heterocycles. The first kappa shape index (κ1) is 29.5. The van der Waals surface area contributed by atoms with Gasteiger partial charge in [0.2, 0.25) is 5.95 Å². The molecule has 214 valence electrons. The minimum atomic E-state index is -5.33. The van der Waals surface area contributed by atoms with Gasteiger partial charge in [-0.05, 0) is 49.9 Å². The van der Waals surface area contributed by atoms with Gasteiger partial charge in [0.25, 0.3) is 0 Å². The summed E-state index contributed by atoms with van der Waals surface area (Å²) in [5.74, 6) is -2.61. The SMILES string of the molecule is CN(C)c1nc(NC2CCC(NC(=O)C(OC(=O)C(F)(F)F)Oc3cccc(Cl)c3Cl)CC2)nc2ccccc12. The summed E-state index contributed by atoms with van der Waals surface area (Å²) in [7, 11) is 3.80. The van der Waals surface area contributed by atoms with Crippen molar-refractivity contribution in [3.8, 4) is 5.75 Å². The fourth-order valence-corrected chi connectivity index (χ4v) is 4.62. The van der Waals surface area contributed by atoms with Gasteiger partial charge in [0.15, 0.2) is 0 Å². The molecule has 4 rings (SSSR count). The molecule has 1 aliphatic carbocycles. The van der Waals surface area contributed by atoms with E-state index < -0.39 is 30.4 Å². The van der Waals surface area contributed by atoms with Crippen LogP contribution < -0.4 is 20.3 Å². The van der Waals surface area contributed by atoms with Crippen LogP contribution in [-0.4, -0.2) is 60.5 Å². The van der Waals surface area contributed by atoms with Crippen LogP contribution in [0.25, 0.3) is 10.9 Å². The van der Waals surface area contributed by atoms with E-state index in [4.69, 9.17) is 27.9 Å². The quantitative estimate of drug-likeness (QED) is 0.263. The highest BCUT2D eigenvalue weighted by Crippen LogP contribution is 2.33. The summed E-state index contributed by atoms with van der Waals surface area (Å²) >= 11 is 11.9. The molecule has 1 unspecified atom stereocenters. The van der Waals surface area contributed by atoms with E-state index in [1.807, 2.05) is 43.3 Å². The molecule has 0 spiro atoms. The van der Waals surface area contributed by atoms with Gasteiger partial charge in [-0.1, -0.05) is 41.4 Å². The number of para-hydroxylation sites is 1. The zero-order chi connectivity index (χ0) is 29.0. The van der Waals surface area contributed by atoms with Gasteiger partial charge in [0, 0.05) is 31.6 Å². The summed E-state index contributed by atoms with van der Waals surface area (Å²) in [5.41, 5.74) is 0.795. The second-order valence-corrected chi connectivity index (χ2v) is 10.2. The van der Waals surface area contributed by atoms with Crippen molar-refractivity contribution in [1.29, 1.82) is 0 Å². The number of ether oxygens (including phenoxy) is 2. The first-order valence-corrected chi connectivity index (χ1v) is 13.1. The van der Waals surface area contributed by atoms with Crippen LogP contribution >= 0.6 is 23.2 Å². The average molecular weight is 600 g/mol. The van der Waals surface area contributed by atoms with Gasteiger partial charge >= 0.3 is 24.3 Å². The van der Waals surface area contributed by atoms with Gasteiger partial charge in [-0.25, -0.2) is 9.78 Å². The number of aromatic nitrogens is 2. The zero-order valence-electron chi connectivity index (χ0n) is 21.5. The third kappa shape index (κ3) is 7.16. The number of halogens is 5. The van der Waals surface area contributed by atoms with Crippen molar-refractivity contribution in [2.75, 3.05) is 24.3 Å². The van der Waals surface area contributed by atoms with E-state index in [1.54, 1.807) is 0 Å². The van der Waals surface area contributed by atoms with E-state index in [-0.39, 0.29) is 21.8 Å². The van der Waals surface area contributed by atoms with Crippen molar-refractivity contribution in [2.24, 2.45) is 0 Å². The second kappa shape index (κ2) is 12.3. The van der Waals surface area contributed by atoms with Gasteiger partial charge in [0.05, 0.1) is 10.5 Å². The number of nitrogens with zero attached hydrogens (tertiary/aromatic N) is 3. The van der Waals surface area contributed by atoms with Crippen LogP contribution in [0.5, 0.6) is 5.75 Å². The molecule has 0 bridgehead atoms. The number of nitrogens with one attached hydrogen (secondary N) is 2. The number of carbonyl (C=O) groups excluding carboxylic acids is 2. The Morgan fingerprint density at radius 3 is 2.35 bits per heavy atom. The Balaban J connectivity index is 1.39. The molecule has 1 amide bonds. The summed E-state index contributed by atoms with van der Waals surface area (Å²) in [5, 5.41) is 6.77. The van der Waals surface area contributed by atoms with Gasteiger partial charge in [-0.3, -0.25) is 4.79 Å². The van der Waals surface area contributed by atoms with Crippen LogP contribution in [0.4, 0.5) is 24.9 Å². The van der Waals surface area contributed by atoms with Gasteiger partial charge in [-0.2, -0.15) is 18.2 Å². The van der Waals surface area contributed by atoms with Crippen molar-refractivity contribution >= 4 is 57.7 Å². The Hall–Kier alpha value is -3.51. The van der Waals surface area contributed by atoms with Crippen LogP contribution in [0, 0.1) is 0 Å². The number of esters is 1. The number of carbonyl (C=O) groups is 2. The highest BCUT2D eigenvalue weighted by molar-refractivity contribution is 6.42. The molecule has 40 heavy (non-hydrogen) atoms. The van der Waals surface area contributed by atoms with Gasteiger partial charge < -0.3 is 25.0 Å². The third-order valence-electron chi connectivity index (χ3n) is 6.22. The van der Waals surface area contributed by atoms with Crippen molar-refractivity contribution in [3.63, 3.8) is 0 Å². The second-order valence-electron chi connectivity index (χ2n) is 9.39. The van der Waals surface area contributed by atoms with Crippen molar-refractivity contribution in [1.82, 2.24) is 15.3 Å². The molecule has 2 aromatic carbocycles.